The van der Waals surface area contributed by atoms with E-state index in [1.54, 1.807) is 23.2 Å². The van der Waals surface area contributed by atoms with Crippen LogP contribution in [0.2, 0.25) is 5.02 Å². The van der Waals surface area contributed by atoms with Crippen molar-refractivity contribution in [3.05, 3.63) is 57.6 Å². The highest BCUT2D eigenvalue weighted by Crippen LogP contribution is 2.24. The SMILES string of the molecule is O=C(c1ccc(=O)[nH]c1)N1CCC(Oc2ncccc2Cl)CC1. The molecule has 6 nitrogen and oxygen atoms in total. The molecule has 1 amide bonds. The number of nitrogens with one attached hydrogen (secondary N) is 1. The quantitative estimate of drug-likeness (QED) is 0.933. The average molecular weight is 334 g/mol. The van der Waals surface area contributed by atoms with E-state index in [2.05, 4.69) is 9.97 Å². The van der Waals surface area contributed by atoms with Crippen molar-refractivity contribution >= 4 is 17.5 Å². The van der Waals surface area contributed by atoms with Gasteiger partial charge in [0.15, 0.2) is 0 Å². The van der Waals surface area contributed by atoms with Gasteiger partial charge in [0.25, 0.3) is 5.91 Å². The van der Waals surface area contributed by atoms with Crippen molar-refractivity contribution in [1.82, 2.24) is 14.9 Å². The number of pyridine rings is 2. The Morgan fingerprint density at radius 2 is 2.09 bits per heavy atom. The van der Waals surface area contributed by atoms with E-state index in [4.69, 9.17) is 16.3 Å². The summed E-state index contributed by atoms with van der Waals surface area (Å²) in [5, 5.41) is 0.485. The number of aromatic amines is 1. The molecule has 23 heavy (non-hydrogen) atoms. The molecule has 1 aliphatic rings. The number of piperidine rings is 1. The zero-order valence-corrected chi connectivity index (χ0v) is 13.1. The Morgan fingerprint density at radius 3 is 2.74 bits per heavy atom. The van der Waals surface area contributed by atoms with Crippen molar-refractivity contribution in [2.24, 2.45) is 0 Å². The summed E-state index contributed by atoms with van der Waals surface area (Å²) in [5.41, 5.74) is 0.262. The zero-order chi connectivity index (χ0) is 16.2. The second-order valence-electron chi connectivity index (χ2n) is 5.34. The van der Waals surface area contributed by atoms with Crippen LogP contribution in [0.5, 0.6) is 5.88 Å². The molecule has 2 aromatic rings. The van der Waals surface area contributed by atoms with E-state index >= 15 is 0 Å². The first-order valence-electron chi connectivity index (χ1n) is 7.38. The highest BCUT2D eigenvalue weighted by Gasteiger charge is 2.25. The fourth-order valence-corrected chi connectivity index (χ4v) is 2.68. The summed E-state index contributed by atoms with van der Waals surface area (Å²) in [6.45, 7) is 1.18. The second kappa shape index (κ2) is 6.83. The summed E-state index contributed by atoms with van der Waals surface area (Å²) in [6.07, 6.45) is 4.49. The maximum atomic E-state index is 12.4. The number of hydrogen-bond donors (Lipinski definition) is 1. The molecule has 0 atom stereocenters. The Hall–Kier alpha value is -2.34. The maximum Gasteiger partial charge on any atom is 0.255 e. The van der Waals surface area contributed by atoms with Crippen molar-refractivity contribution in [1.29, 1.82) is 0 Å². The number of aromatic nitrogens is 2. The van der Waals surface area contributed by atoms with Crippen LogP contribution >= 0.6 is 11.6 Å². The van der Waals surface area contributed by atoms with Gasteiger partial charge in [-0.1, -0.05) is 11.6 Å². The number of ether oxygens (including phenoxy) is 1. The topological polar surface area (TPSA) is 75.3 Å². The predicted molar refractivity (Wildman–Crippen MR) is 85.9 cm³/mol. The third-order valence-electron chi connectivity index (χ3n) is 3.76. The molecule has 2 aromatic heterocycles. The Bertz CT molecular complexity index is 734. The molecule has 0 unspecified atom stereocenters. The van der Waals surface area contributed by atoms with Crippen LogP contribution in [0.15, 0.2) is 41.5 Å². The van der Waals surface area contributed by atoms with Gasteiger partial charge in [0.2, 0.25) is 11.4 Å². The smallest absolute Gasteiger partial charge is 0.255 e. The molecule has 0 aromatic carbocycles. The first kappa shape index (κ1) is 15.6. The van der Waals surface area contributed by atoms with Crippen LogP contribution in [0, 0.1) is 0 Å². The highest BCUT2D eigenvalue weighted by molar-refractivity contribution is 6.31. The van der Waals surface area contributed by atoms with Gasteiger partial charge < -0.3 is 14.6 Å². The molecule has 1 aliphatic heterocycles. The fourth-order valence-electron chi connectivity index (χ4n) is 2.52. The number of nitrogens with zero attached hydrogens (tertiary/aromatic N) is 2. The van der Waals surface area contributed by atoms with E-state index < -0.39 is 0 Å². The van der Waals surface area contributed by atoms with Gasteiger partial charge in [-0.25, -0.2) is 4.98 Å². The summed E-state index contributed by atoms with van der Waals surface area (Å²) in [5.74, 6) is 0.343. The Morgan fingerprint density at radius 1 is 1.30 bits per heavy atom. The largest absolute Gasteiger partial charge is 0.473 e. The Kier molecular flexibility index (Phi) is 4.62. The highest BCUT2D eigenvalue weighted by atomic mass is 35.5. The van der Waals surface area contributed by atoms with Gasteiger partial charge in [-0.3, -0.25) is 9.59 Å². The molecule has 3 rings (SSSR count). The van der Waals surface area contributed by atoms with Crippen molar-refractivity contribution < 1.29 is 9.53 Å². The molecule has 0 radical (unpaired) electrons. The van der Waals surface area contributed by atoms with Crippen molar-refractivity contribution in [2.45, 2.75) is 18.9 Å². The van der Waals surface area contributed by atoms with Crippen LogP contribution in [0.4, 0.5) is 0 Å². The van der Waals surface area contributed by atoms with Crippen molar-refractivity contribution in [3.63, 3.8) is 0 Å². The van der Waals surface area contributed by atoms with Crippen LogP contribution in [0.1, 0.15) is 23.2 Å². The fraction of sp³-hybridized carbons (Fsp3) is 0.312. The summed E-state index contributed by atoms with van der Waals surface area (Å²) in [4.78, 5) is 31.8. The standard InChI is InChI=1S/C16H16ClN3O3/c17-13-2-1-7-18-15(13)23-12-5-8-20(9-6-12)16(22)11-3-4-14(21)19-10-11/h1-4,7,10,12H,5-6,8-9H2,(H,19,21). The molecule has 3 heterocycles. The molecular weight excluding hydrogens is 318 g/mol. The van der Waals surface area contributed by atoms with Gasteiger partial charge in [-0.05, 0) is 18.2 Å². The van der Waals surface area contributed by atoms with E-state index in [-0.39, 0.29) is 17.6 Å². The molecule has 1 saturated heterocycles. The van der Waals surface area contributed by atoms with E-state index in [1.165, 1.54) is 18.3 Å². The molecule has 0 aliphatic carbocycles. The second-order valence-corrected chi connectivity index (χ2v) is 5.75. The van der Waals surface area contributed by atoms with Gasteiger partial charge in [-0.2, -0.15) is 0 Å². The number of H-pyrrole nitrogens is 1. The Balaban J connectivity index is 1.58. The third-order valence-corrected chi connectivity index (χ3v) is 4.05. The molecule has 0 saturated carbocycles. The van der Waals surface area contributed by atoms with Gasteiger partial charge in [-0.15, -0.1) is 0 Å². The van der Waals surface area contributed by atoms with Crippen LogP contribution in [-0.2, 0) is 0 Å². The van der Waals surface area contributed by atoms with Crippen LogP contribution < -0.4 is 10.3 Å². The normalized spacial score (nSPS) is 15.4. The summed E-state index contributed by atoms with van der Waals surface area (Å²) in [7, 11) is 0. The van der Waals surface area contributed by atoms with Gasteiger partial charge >= 0.3 is 0 Å². The minimum atomic E-state index is -0.221. The van der Waals surface area contributed by atoms with Gasteiger partial charge in [0.05, 0.1) is 5.56 Å². The monoisotopic (exact) mass is 333 g/mol. The number of halogens is 1. The lowest BCUT2D eigenvalue weighted by Gasteiger charge is -2.32. The number of hydrogen-bond acceptors (Lipinski definition) is 4. The van der Waals surface area contributed by atoms with Crippen LogP contribution in [-0.4, -0.2) is 40.0 Å². The number of carbonyl (C=O) groups is 1. The number of likely N-dealkylation sites (tertiary alicyclic amines) is 1. The lowest BCUT2D eigenvalue weighted by molar-refractivity contribution is 0.0587. The molecule has 1 fully saturated rings. The average Bonchev–Trinajstić information content (AvgIpc) is 2.58. The predicted octanol–water partition coefficient (Wildman–Crippen LogP) is 2.11. The molecule has 0 spiro atoms. The molecule has 1 N–H and O–H groups in total. The minimum absolute atomic E-state index is 0.0120. The maximum absolute atomic E-state index is 12.4. The van der Waals surface area contributed by atoms with E-state index in [0.717, 1.165) is 0 Å². The summed E-state index contributed by atoms with van der Waals surface area (Å²) >= 11 is 6.03. The van der Waals surface area contributed by atoms with Crippen molar-refractivity contribution in [3.8, 4) is 5.88 Å². The van der Waals surface area contributed by atoms with Crippen LogP contribution in [0.25, 0.3) is 0 Å². The van der Waals surface area contributed by atoms with E-state index in [0.29, 0.717) is 42.4 Å². The number of rotatable bonds is 3. The van der Waals surface area contributed by atoms with Crippen molar-refractivity contribution in [2.75, 3.05) is 13.1 Å². The lowest BCUT2D eigenvalue weighted by Crippen LogP contribution is -2.42. The zero-order valence-electron chi connectivity index (χ0n) is 12.4. The first-order chi connectivity index (χ1) is 11.1. The molecular formula is C16H16ClN3O3. The Labute approximate surface area is 138 Å². The van der Waals surface area contributed by atoms with Gasteiger partial charge in [0, 0.05) is 44.4 Å². The third kappa shape index (κ3) is 3.71. The van der Waals surface area contributed by atoms with Gasteiger partial charge in [0.1, 0.15) is 11.1 Å². The first-order valence-corrected chi connectivity index (χ1v) is 7.76. The molecule has 7 heteroatoms. The lowest BCUT2D eigenvalue weighted by atomic mass is 10.1. The minimum Gasteiger partial charge on any atom is -0.473 e. The molecule has 120 valence electrons. The number of amides is 1. The summed E-state index contributed by atoms with van der Waals surface area (Å²) < 4.78 is 5.81. The number of carbonyl (C=O) groups excluding carboxylic acids is 1. The van der Waals surface area contributed by atoms with E-state index in [9.17, 15) is 9.59 Å². The van der Waals surface area contributed by atoms with E-state index in [1.807, 2.05) is 0 Å². The van der Waals surface area contributed by atoms with Crippen LogP contribution in [0.3, 0.4) is 0 Å². The summed E-state index contributed by atoms with van der Waals surface area (Å²) in [6, 6.07) is 6.38. The molecule has 0 bridgehead atoms.